The molecule has 0 aromatic heterocycles. The van der Waals surface area contributed by atoms with Crippen molar-refractivity contribution in [1.82, 2.24) is 21.3 Å². The summed E-state index contributed by atoms with van der Waals surface area (Å²) in [6, 6.07) is 21.2. The summed E-state index contributed by atoms with van der Waals surface area (Å²) >= 11 is 0. The first-order chi connectivity index (χ1) is 31.3. The molecule has 0 aliphatic heterocycles. The molecule has 0 saturated heterocycles. The molecule has 0 aliphatic carbocycles. The summed E-state index contributed by atoms with van der Waals surface area (Å²) in [6.07, 6.45) is 4.69. The van der Waals surface area contributed by atoms with Gasteiger partial charge in [-0.3, -0.25) is 0 Å². The summed E-state index contributed by atoms with van der Waals surface area (Å²) in [4.78, 5) is 45.0. The van der Waals surface area contributed by atoms with Gasteiger partial charge in [-0.25, -0.2) is 19.2 Å². The van der Waals surface area contributed by atoms with E-state index in [0.29, 0.717) is 26.2 Å². The molecular formula is C56H94N4O8. The monoisotopic (exact) mass is 951 g/mol. The van der Waals surface area contributed by atoms with Crippen LogP contribution in [0, 0.1) is 41.5 Å². The molecule has 12 heteroatoms. The Morgan fingerprint density at radius 2 is 0.676 bits per heavy atom. The van der Waals surface area contributed by atoms with Crippen molar-refractivity contribution in [2.75, 3.05) is 19.6 Å². The standard InChI is InChI=1S/C16H25NO2.C14H21NO2.2C9H19NO2.C8H10/c1-12-8-9-13(2)14(11-12)7-6-10-17-15(18)19-16(3,4)5;1-10-6-7-11(2)12(8-10)9-15-13(16)17-14(3,4)5;2*1-5-6-7-10-8(11)12-9(2,3)4;1-7-3-5-8(2)6-4-7/h8-9,11H,6-7,10H2,1-5H3,(H,17,18);6-8H,9H2,1-5H3,(H,15,16);2*5-7H2,1-4H3,(H,10,11);3-6H,1-2H3. The highest BCUT2D eigenvalue weighted by Crippen LogP contribution is 2.14. The van der Waals surface area contributed by atoms with E-state index in [1.807, 2.05) is 96.9 Å². The van der Waals surface area contributed by atoms with E-state index in [1.54, 1.807) is 0 Å². The fraction of sp³-hybridized carbons (Fsp3) is 0.607. The second-order valence-corrected chi connectivity index (χ2v) is 21.0. The second-order valence-electron chi connectivity index (χ2n) is 21.0. The molecule has 0 atom stereocenters. The molecule has 4 amide bonds. The first-order valence-electron chi connectivity index (χ1n) is 24.3. The number of alkyl carbamates (subject to hydrolysis) is 4. The molecule has 3 aromatic rings. The third-order valence-corrected chi connectivity index (χ3v) is 8.74. The van der Waals surface area contributed by atoms with Crippen LogP contribution in [0.25, 0.3) is 0 Å². The van der Waals surface area contributed by atoms with Crippen LogP contribution in [0.4, 0.5) is 19.2 Å². The summed E-state index contributed by atoms with van der Waals surface area (Å²) in [5, 5.41) is 10.9. The Kier molecular flexibility index (Phi) is 31.7. The predicted molar refractivity (Wildman–Crippen MR) is 282 cm³/mol. The van der Waals surface area contributed by atoms with Crippen molar-refractivity contribution in [3.05, 3.63) is 105 Å². The molecule has 0 heterocycles. The topological polar surface area (TPSA) is 153 Å². The number of amides is 4. The minimum Gasteiger partial charge on any atom is -0.444 e. The summed E-state index contributed by atoms with van der Waals surface area (Å²) in [5.41, 5.74) is 8.41. The van der Waals surface area contributed by atoms with E-state index >= 15 is 0 Å². The summed E-state index contributed by atoms with van der Waals surface area (Å²) in [6.45, 7) is 41.5. The Morgan fingerprint density at radius 1 is 0.397 bits per heavy atom. The van der Waals surface area contributed by atoms with Gasteiger partial charge in [0.2, 0.25) is 0 Å². The molecule has 3 aromatic carbocycles. The number of aryl methyl sites for hydroxylation is 7. The largest absolute Gasteiger partial charge is 0.444 e. The minimum absolute atomic E-state index is 0.323. The van der Waals surface area contributed by atoms with Gasteiger partial charge in [-0.1, -0.05) is 110 Å². The number of rotatable bonds is 12. The van der Waals surface area contributed by atoms with Gasteiger partial charge in [0.1, 0.15) is 22.4 Å². The number of benzene rings is 3. The molecular weight excluding hydrogens is 857 g/mol. The van der Waals surface area contributed by atoms with Gasteiger partial charge in [-0.2, -0.15) is 0 Å². The lowest BCUT2D eigenvalue weighted by Gasteiger charge is -2.20. The molecule has 0 fully saturated rings. The first-order valence-corrected chi connectivity index (χ1v) is 24.3. The highest BCUT2D eigenvalue weighted by Gasteiger charge is 2.18. The molecule has 68 heavy (non-hydrogen) atoms. The minimum atomic E-state index is -0.453. The third-order valence-electron chi connectivity index (χ3n) is 8.74. The fourth-order valence-electron chi connectivity index (χ4n) is 5.33. The Morgan fingerprint density at radius 3 is 1.00 bits per heavy atom. The summed E-state index contributed by atoms with van der Waals surface area (Å²) in [5.74, 6) is 0. The van der Waals surface area contributed by atoms with Crippen molar-refractivity contribution in [2.45, 2.75) is 206 Å². The highest BCUT2D eigenvalue weighted by molar-refractivity contribution is 5.68. The molecule has 3 rings (SSSR count). The van der Waals surface area contributed by atoms with E-state index in [1.165, 1.54) is 38.9 Å². The zero-order valence-electron chi connectivity index (χ0n) is 46.1. The van der Waals surface area contributed by atoms with Crippen molar-refractivity contribution in [3.63, 3.8) is 0 Å². The molecule has 0 saturated carbocycles. The number of hydrogen-bond acceptors (Lipinski definition) is 8. The maximum atomic E-state index is 11.5. The number of nitrogens with one attached hydrogen (secondary N) is 4. The van der Waals surface area contributed by atoms with Gasteiger partial charge in [0, 0.05) is 26.2 Å². The van der Waals surface area contributed by atoms with Crippen LogP contribution in [-0.4, -0.2) is 66.4 Å². The fourth-order valence-corrected chi connectivity index (χ4v) is 5.33. The summed E-state index contributed by atoms with van der Waals surface area (Å²) in [7, 11) is 0. The highest BCUT2D eigenvalue weighted by atomic mass is 16.6. The molecule has 0 spiro atoms. The average molecular weight is 951 g/mol. The van der Waals surface area contributed by atoms with Gasteiger partial charge in [0.15, 0.2) is 0 Å². The van der Waals surface area contributed by atoms with E-state index in [2.05, 4.69) is 123 Å². The zero-order valence-corrected chi connectivity index (χ0v) is 46.1. The van der Waals surface area contributed by atoms with E-state index in [9.17, 15) is 19.2 Å². The SMILES string of the molecule is CCCCNC(=O)OC(C)(C)C.CCCCNC(=O)OC(C)(C)C.Cc1ccc(C)c(CCCNC(=O)OC(C)(C)C)c1.Cc1ccc(C)c(CNC(=O)OC(C)(C)C)c1.Cc1ccc(C)cc1. The smallest absolute Gasteiger partial charge is 0.407 e. The van der Waals surface area contributed by atoms with E-state index in [-0.39, 0.29) is 24.4 Å². The van der Waals surface area contributed by atoms with Crippen LogP contribution in [-0.2, 0) is 31.9 Å². The molecule has 0 aliphatic rings. The molecule has 4 N–H and O–H groups in total. The lowest BCUT2D eigenvalue weighted by molar-refractivity contribution is 0.0513. The van der Waals surface area contributed by atoms with Crippen LogP contribution < -0.4 is 21.3 Å². The second kappa shape index (κ2) is 33.3. The van der Waals surface area contributed by atoms with Crippen LogP contribution in [0.3, 0.4) is 0 Å². The Balaban J connectivity index is 0. The van der Waals surface area contributed by atoms with Gasteiger partial charge in [-0.05, 0) is 173 Å². The van der Waals surface area contributed by atoms with Gasteiger partial charge < -0.3 is 40.2 Å². The van der Waals surface area contributed by atoms with Crippen molar-refractivity contribution in [1.29, 1.82) is 0 Å². The number of ether oxygens (including phenoxy) is 4. The number of unbranched alkanes of at least 4 members (excludes halogenated alkanes) is 2. The Labute approximate surface area is 413 Å². The lowest BCUT2D eigenvalue weighted by atomic mass is 10.0. The summed E-state index contributed by atoms with van der Waals surface area (Å²) < 4.78 is 20.4. The average Bonchev–Trinajstić information content (AvgIpc) is 3.18. The molecule has 0 bridgehead atoms. The molecule has 12 nitrogen and oxygen atoms in total. The van der Waals surface area contributed by atoms with E-state index in [4.69, 9.17) is 18.9 Å². The number of carbonyl (C=O) groups is 4. The Bertz CT molecular complexity index is 1830. The van der Waals surface area contributed by atoms with Gasteiger partial charge >= 0.3 is 24.4 Å². The first kappa shape index (κ1) is 64.8. The number of carbonyl (C=O) groups excluding carboxylic acids is 4. The molecule has 386 valence electrons. The van der Waals surface area contributed by atoms with Gasteiger partial charge in [0.05, 0.1) is 0 Å². The normalized spacial score (nSPS) is 10.9. The van der Waals surface area contributed by atoms with Crippen molar-refractivity contribution < 1.29 is 38.1 Å². The van der Waals surface area contributed by atoms with E-state index < -0.39 is 22.4 Å². The quantitative estimate of drug-likeness (QED) is 0.103. The van der Waals surface area contributed by atoms with Gasteiger partial charge in [-0.15, -0.1) is 0 Å². The van der Waals surface area contributed by atoms with Crippen LogP contribution in [0.5, 0.6) is 0 Å². The zero-order chi connectivity index (χ0) is 52.7. The lowest BCUT2D eigenvalue weighted by Crippen LogP contribution is -2.33. The van der Waals surface area contributed by atoms with Gasteiger partial charge in [0.25, 0.3) is 0 Å². The van der Waals surface area contributed by atoms with Crippen LogP contribution in [0.2, 0.25) is 0 Å². The Hall–Kier alpha value is -5.26. The van der Waals surface area contributed by atoms with Crippen molar-refractivity contribution >= 4 is 24.4 Å². The van der Waals surface area contributed by atoms with E-state index in [0.717, 1.165) is 44.1 Å². The maximum Gasteiger partial charge on any atom is 0.407 e. The molecule has 0 unspecified atom stereocenters. The van der Waals surface area contributed by atoms with Crippen LogP contribution in [0.15, 0.2) is 60.7 Å². The maximum absolute atomic E-state index is 11.5. The van der Waals surface area contributed by atoms with Crippen molar-refractivity contribution in [3.8, 4) is 0 Å². The van der Waals surface area contributed by atoms with Crippen molar-refractivity contribution in [2.24, 2.45) is 0 Å². The number of hydrogen-bond donors (Lipinski definition) is 4. The molecule has 0 radical (unpaired) electrons. The predicted octanol–water partition coefficient (Wildman–Crippen LogP) is 14.0. The third kappa shape index (κ3) is 41.0. The van der Waals surface area contributed by atoms with Crippen LogP contribution in [0.1, 0.15) is 174 Å². The van der Waals surface area contributed by atoms with Crippen LogP contribution >= 0.6 is 0 Å².